The van der Waals surface area contributed by atoms with Gasteiger partial charge in [0, 0.05) is 32.0 Å². The number of hydrogen-bond donors (Lipinski definition) is 0. The minimum absolute atomic E-state index is 0.138. The third kappa shape index (κ3) is 3.75. The van der Waals surface area contributed by atoms with E-state index in [-0.39, 0.29) is 25.6 Å². The minimum Gasteiger partial charge on any atom is -0.377 e. The Morgan fingerprint density at radius 3 is 2.83 bits per heavy atom. The number of aromatic nitrogens is 1. The molecule has 1 spiro atoms. The van der Waals surface area contributed by atoms with Crippen LogP contribution < -0.4 is 0 Å². The number of nitrogens with zero attached hydrogens (tertiary/aromatic N) is 3. The van der Waals surface area contributed by atoms with Gasteiger partial charge in [0.2, 0.25) is 10.0 Å². The molecule has 0 unspecified atom stereocenters. The summed E-state index contributed by atoms with van der Waals surface area (Å²) in [6.45, 7) is 2.13. The van der Waals surface area contributed by atoms with Gasteiger partial charge in [0.15, 0.2) is 0 Å². The Bertz CT molecular complexity index is 696. The molecule has 24 heavy (non-hydrogen) atoms. The Balaban J connectivity index is 1.79. The highest BCUT2D eigenvalue weighted by atomic mass is 32.2. The van der Waals surface area contributed by atoms with Crippen molar-refractivity contribution in [2.75, 3.05) is 52.3 Å². The molecule has 9 heteroatoms. The Hall–Kier alpha value is -1.55. The number of rotatable bonds is 2. The van der Waals surface area contributed by atoms with Crippen molar-refractivity contribution in [3.63, 3.8) is 0 Å². The molecular weight excluding hydrogens is 334 g/mol. The lowest BCUT2D eigenvalue weighted by molar-refractivity contribution is -0.129. The van der Waals surface area contributed by atoms with Crippen LogP contribution in [-0.2, 0) is 19.5 Å². The molecule has 0 aromatic carbocycles. The molecule has 1 aromatic rings. The lowest BCUT2D eigenvalue weighted by atomic mass is 10.0. The van der Waals surface area contributed by atoms with Gasteiger partial charge in [-0.1, -0.05) is 0 Å². The van der Waals surface area contributed by atoms with Crippen LogP contribution in [0.2, 0.25) is 0 Å². The molecular formula is C15H21N3O5S. The summed E-state index contributed by atoms with van der Waals surface area (Å²) in [7, 11) is -3.35. The van der Waals surface area contributed by atoms with Gasteiger partial charge >= 0.3 is 0 Å². The van der Waals surface area contributed by atoms with Crippen LogP contribution in [-0.4, -0.2) is 86.4 Å². The predicted molar refractivity (Wildman–Crippen MR) is 86.1 cm³/mol. The summed E-state index contributed by atoms with van der Waals surface area (Å²) in [4.78, 5) is 18.3. The second kappa shape index (κ2) is 6.75. The number of sulfonamides is 1. The lowest BCUT2D eigenvalue weighted by Gasteiger charge is -2.43. The fraction of sp³-hybridized carbons (Fsp3) is 0.600. The summed E-state index contributed by atoms with van der Waals surface area (Å²) < 4.78 is 36.7. The number of hydrogen-bond acceptors (Lipinski definition) is 6. The van der Waals surface area contributed by atoms with Crippen molar-refractivity contribution in [2.24, 2.45) is 0 Å². The summed E-state index contributed by atoms with van der Waals surface area (Å²) in [5.74, 6) is -0.138. The second-order valence-corrected chi connectivity index (χ2v) is 8.13. The second-order valence-electron chi connectivity index (χ2n) is 6.15. The number of ether oxygens (including phenoxy) is 2. The fourth-order valence-electron chi connectivity index (χ4n) is 3.03. The van der Waals surface area contributed by atoms with Crippen LogP contribution in [0.4, 0.5) is 0 Å². The topological polar surface area (TPSA) is 89.0 Å². The van der Waals surface area contributed by atoms with E-state index in [2.05, 4.69) is 4.98 Å². The van der Waals surface area contributed by atoms with Crippen LogP contribution in [0, 0.1) is 0 Å². The largest absolute Gasteiger partial charge is 0.377 e. The Morgan fingerprint density at radius 1 is 1.29 bits per heavy atom. The third-order valence-electron chi connectivity index (χ3n) is 4.23. The van der Waals surface area contributed by atoms with Crippen LogP contribution in [0.1, 0.15) is 10.4 Å². The van der Waals surface area contributed by atoms with Crippen LogP contribution in [0.15, 0.2) is 24.5 Å². The molecule has 1 atom stereocenters. The molecule has 0 aliphatic carbocycles. The molecule has 2 saturated heterocycles. The summed E-state index contributed by atoms with van der Waals surface area (Å²) in [6.07, 6.45) is 4.31. The normalized spacial score (nSPS) is 26.3. The first kappa shape index (κ1) is 17.3. The molecule has 1 amide bonds. The average molecular weight is 355 g/mol. The zero-order valence-corrected chi connectivity index (χ0v) is 14.4. The quantitative estimate of drug-likeness (QED) is 0.716. The van der Waals surface area contributed by atoms with Gasteiger partial charge in [0.05, 0.1) is 38.2 Å². The SMILES string of the molecule is CS(=O)(=O)N1CCOC[C@]2(CN(C(=O)c3cccnc3)CCO2)C1. The van der Waals surface area contributed by atoms with Crippen molar-refractivity contribution >= 4 is 15.9 Å². The van der Waals surface area contributed by atoms with Crippen LogP contribution in [0.25, 0.3) is 0 Å². The molecule has 3 heterocycles. The molecule has 8 nitrogen and oxygen atoms in total. The first-order valence-electron chi connectivity index (χ1n) is 7.76. The fourth-order valence-corrected chi connectivity index (χ4v) is 3.90. The highest BCUT2D eigenvalue weighted by Gasteiger charge is 2.43. The molecule has 3 rings (SSSR count). The zero-order valence-electron chi connectivity index (χ0n) is 13.6. The number of carbonyl (C=O) groups is 1. The molecule has 2 aliphatic heterocycles. The van der Waals surface area contributed by atoms with E-state index in [0.717, 1.165) is 0 Å². The van der Waals surface area contributed by atoms with Crippen molar-refractivity contribution in [3.8, 4) is 0 Å². The summed E-state index contributed by atoms with van der Waals surface area (Å²) in [5, 5.41) is 0. The summed E-state index contributed by atoms with van der Waals surface area (Å²) >= 11 is 0. The molecule has 0 saturated carbocycles. The Kier molecular flexibility index (Phi) is 4.86. The maximum atomic E-state index is 12.6. The maximum absolute atomic E-state index is 12.6. The van der Waals surface area contributed by atoms with Gasteiger partial charge in [-0.15, -0.1) is 0 Å². The van der Waals surface area contributed by atoms with Crippen LogP contribution >= 0.6 is 0 Å². The molecule has 1 aromatic heterocycles. The minimum atomic E-state index is -3.35. The third-order valence-corrected chi connectivity index (χ3v) is 5.48. The van der Waals surface area contributed by atoms with E-state index in [0.29, 0.717) is 31.9 Å². The van der Waals surface area contributed by atoms with E-state index >= 15 is 0 Å². The highest BCUT2D eigenvalue weighted by molar-refractivity contribution is 7.88. The molecule has 132 valence electrons. The van der Waals surface area contributed by atoms with Crippen LogP contribution in [0.3, 0.4) is 0 Å². The number of carbonyl (C=O) groups excluding carboxylic acids is 1. The molecule has 2 fully saturated rings. The predicted octanol–water partition coefficient (Wildman–Crippen LogP) is -0.415. The van der Waals surface area contributed by atoms with E-state index in [1.807, 2.05) is 0 Å². The maximum Gasteiger partial charge on any atom is 0.255 e. The first-order chi connectivity index (χ1) is 11.4. The van der Waals surface area contributed by atoms with Crippen LogP contribution in [0.5, 0.6) is 0 Å². The summed E-state index contributed by atoms with van der Waals surface area (Å²) in [5.41, 5.74) is -0.334. The number of pyridine rings is 1. The smallest absolute Gasteiger partial charge is 0.255 e. The van der Waals surface area contributed by atoms with Gasteiger partial charge in [-0.05, 0) is 12.1 Å². The van der Waals surface area contributed by atoms with Crippen molar-refractivity contribution in [1.82, 2.24) is 14.2 Å². The lowest BCUT2D eigenvalue weighted by Crippen LogP contribution is -2.60. The van der Waals surface area contributed by atoms with Gasteiger partial charge < -0.3 is 14.4 Å². The molecule has 0 radical (unpaired) electrons. The first-order valence-corrected chi connectivity index (χ1v) is 9.61. The van der Waals surface area contributed by atoms with Gasteiger partial charge in [-0.25, -0.2) is 8.42 Å². The molecule has 0 bridgehead atoms. The molecule has 0 N–H and O–H groups in total. The van der Waals surface area contributed by atoms with Gasteiger partial charge in [0.25, 0.3) is 5.91 Å². The van der Waals surface area contributed by atoms with E-state index in [1.165, 1.54) is 16.8 Å². The van der Waals surface area contributed by atoms with E-state index in [9.17, 15) is 13.2 Å². The van der Waals surface area contributed by atoms with E-state index in [4.69, 9.17) is 9.47 Å². The molecule has 2 aliphatic rings. The van der Waals surface area contributed by atoms with E-state index < -0.39 is 15.6 Å². The average Bonchev–Trinajstić information content (AvgIpc) is 2.77. The van der Waals surface area contributed by atoms with Crippen molar-refractivity contribution in [3.05, 3.63) is 30.1 Å². The van der Waals surface area contributed by atoms with E-state index in [1.54, 1.807) is 23.2 Å². The van der Waals surface area contributed by atoms with Gasteiger partial charge in [-0.3, -0.25) is 9.78 Å². The monoisotopic (exact) mass is 355 g/mol. The van der Waals surface area contributed by atoms with Crippen molar-refractivity contribution in [2.45, 2.75) is 5.60 Å². The van der Waals surface area contributed by atoms with Gasteiger partial charge in [-0.2, -0.15) is 4.31 Å². The standard InChI is InChI=1S/C15H21N3O5S/c1-24(20,21)18-6-7-22-12-15(11-18)10-17(5-8-23-15)14(19)13-3-2-4-16-9-13/h2-4,9H,5-8,10-12H2,1H3/t15-/m0/s1. The van der Waals surface area contributed by atoms with Gasteiger partial charge in [0.1, 0.15) is 5.60 Å². The Labute approximate surface area is 141 Å². The zero-order chi connectivity index (χ0) is 17.2. The van der Waals surface area contributed by atoms with Crippen molar-refractivity contribution in [1.29, 1.82) is 0 Å². The van der Waals surface area contributed by atoms with Crippen molar-refractivity contribution < 1.29 is 22.7 Å². The Morgan fingerprint density at radius 2 is 2.12 bits per heavy atom. The number of amides is 1. The highest BCUT2D eigenvalue weighted by Crippen LogP contribution is 2.24. The number of morpholine rings is 1. The summed E-state index contributed by atoms with van der Waals surface area (Å²) in [6, 6.07) is 3.42.